The molecule has 1 heterocycles. The van der Waals surface area contributed by atoms with Gasteiger partial charge >= 0.3 is 0 Å². The van der Waals surface area contributed by atoms with Gasteiger partial charge in [0.15, 0.2) is 0 Å². The maximum absolute atomic E-state index is 11.1. The van der Waals surface area contributed by atoms with Gasteiger partial charge in [-0.3, -0.25) is 4.79 Å². The molecular weight excluding hydrogens is 236 g/mol. The molecule has 0 N–H and O–H groups in total. The standard InChI is InChI=1S/C16H18N2O/c1-11(2)13-4-6-14(7-5-13)15-8-9-17-16(18-15)10-12(3)19/h4-9,11H,10H2,1-3H3. The highest BCUT2D eigenvalue weighted by Crippen LogP contribution is 2.21. The lowest BCUT2D eigenvalue weighted by atomic mass is 10.0. The van der Waals surface area contributed by atoms with E-state index in [-0.39, 0.29) is 12.2 Å². The highest BCUT2D eigenvalue weighted by Gasteiger charge is 2.05. The van der Waals surface area contributed by atoms with Gasteiger partial charge in [-0.2, -0.15) is 0 Å². The molecule has 0 saturated carbocycles. The Morgan fingerprint density at radius 3 is 2.42 bits per heavy atom. The molecule has 98 valence electrons. The Hall–Kier alpha value is -2.03. The van der Waals surface area contributed by atoms with Gasteiger partial charge in [0.05, 0.1) is 12.1 Å². The number of benzene rings is 1. The van der Waals surface area contributed by atoms with E-state index >= 15 is 0 Å². The first-order valence-electron chi connectivity index (χ1n) is 6.48. The van der Waals surface area contributed by atoms with Crippen molar-refractivity contribution in [3.63, 3.8) is 0 Å². The van der Waals surface area contributed by atoms with Crippen LogP contribution in [0.25, 0.3) is 11.3 Å². The summed E-state index contributed by atoms with van der Waals surface area (Å²) in [6.07, 6.45) is 1.99. The fourth-order valence-electron chi connectivity index (χ4n) is 1.91. The van der Waals surface area contributed by atoms with Crippen LogP contribution in [0.2, 0.25) is 0 Å². The molecule has 0 aliphatic carbocycles. The zero-order chi connectivity index (χ0) is 13.8. The van der Waals surface area contributed by atoms with Crippen molar-refractivity contribution in [1.29, 1.82) is 0 Å². The van der Waals surface area contributed by atoms with E-state index in [1.165, 1.54) is 5.56 Å². The average molecular weight is 254 g/mol. The van der Waals surface area contributed by atoms with Gasteiger partial charge in [0.1, 0.15) is 11.6 Å². The first-order chi connectivity index (χ1) is 9.06. The predicted molar refractivity (Wildman–Crippen MR) is 75.9 cm³/mol. The number of hydrogen-bond donors (Lipinski definition) is 0. The topological polar surface area (TPSA) is 42.9 Å². The lowest BCUT2D eigenvalue weighted by molar-refractivity contribution is -0.116. The maximum Gasteiger partial charge on any atom is 0.137 e. The lowest BCUT2D eigenvalue weighted by Crippen LogP contribution is -2.02. The summed E-state index contributed by atoms with van der Waals surface area (Å²) in [6.45, 7) is 5.89. The third-order valence-electron chi connectivity index (χ3n) is 2.99. The van der Waals surface area contributed by atoms with Crippen LogP contribution in [-0.4, -0.2) is 15.8 Å². The van der Waals surface area contributed by atoms with Crippen LogP contribution in [0.3, 0.4) is 0 Å². The highest BCUT2D eigenvalue weighted by molar-refractivity contribution is 5.77. The van der Waals surface area contributed by atoms with Crippen molar-refractivity contribution in [2.45, 2.75) is 33.1 Å². The molecule has 0 radical (unpaired) electrons. The minimum atomic E-state index is 0.0762. The molecule has 3 nitrogen and oxygen atoms in total. The van der Waals surface area contributed by atoms with E-state index in [1.54, 1.807) is 13.1 Å². The summed E-state index contributed by atoms with van der Waals surface area (Å²) in [6, 6.07) is 10.2. The normalized spacial score (nSPS) is 10.7. The summed E-state index contributed by atoms with van der Waals surface area (Å²) in [5.74, 6) is 1.18. The number of rotatable bonds is 4. The molecule has 0 unspecified atom stereocenters. The Morgan fingerprint density at radius 2 is 1.84 bits per heavy atom. The van der Waals surface area contributed by atoms with Crippen molar-refractivity contribution in [3.05, 3.63) is 47.9 Å². The van der Waals surface area contributed by atoms with E-state index in [2.05, 4.69) is 48.1 Å². The average Bonchev–Trinajstić information content (AvgIpc) is 2.38. The summed E-state index contributed by atoms with van der Waals surface area (Å²) in [5, 5.41) is 0. The monoisotopic (exact) mass is 254 g/mol. The third-order valence-corrected chi connectivity index (χ3v) is 2.99. The number of Topliss-reactive ketones (excluding diaryl/α,β-unsaturated/α-hetero) is 1. The lowest BCUT2D eigenvalue weighted by Gasteiger charge is -2.07. The van der Waals surface area contributed by atoms with Crippen molar-refractivity contribution in [3.8, 4) is 11.3 Å². The molecule has 0 bridgehead atoms. The van der Waals surface area contributed by atoms with Crippen LogP contribution in [0.15, 0.2) is 36.5 Å². The Kier molecular flexibility index (Phi) is 4.05. The molecular formula is C16H18N2O. The minimum Gasteiger partial charge on any atom is -0.300 e. The first kappa shape index (κ1) is 13.4. The van der Waals surface area contributed by atoms with Gasteiger partial charge in [-0.15, -0.1) is 0 Å². The van der Waals surface area contributed by atoms with Crippen molar-refractivity contribution in [2.75, 3.05) is 0 Å². The van der Waals surface area contributed by atoms with E-state index in [0.717, 1.165) is 11.3 Å². The van der Waals surface area contributed by atoms with Crippen LogP contribution in [0.1, 0.15) is 38.1 Å². The molecule has 0 amide bonds. The van der Waals surface area contributed by atoms with Gasteiger partial charge < -0.3 is 0 Å². The van der Waals surface area contributed by atoms with Gasteiger partial charge in [-0.1, -0.05) is 38.1 Å². The molecule has 0 aliphatic rings. The molecule has 2 aromatic rings. The Bertz CT molecular complexity index is 574. The van der Waals surface area contributed by atoms with E-state index < -0.39 is 0 Å². The van der Waals surface area contributed by atoms with Crippen molar-refractivity contribution in [2.24, 2.45) is 0 Å². The highest BCUT2D eigenvalue weighted by atomic mass is 16.1. The van der Waals surface area contributed by atoms with E-state index in [0.29, 0.717) is 11.7 Å². The smallest absolute Gasteiger partial charge is 0.137 e. The Balaban J connectivity index is 2.28. The summed E-state index contributed by atoms with van der Waals surface area (Å²) >= 11 is 0. The van der Waals surface area contributed by atoms with Crippen LogP contribution in [-0.2, 0) is 11.2 Å². The van der Waals surface area contributed by atoms with Crippen molar-refractivity contribution < 1.29 is 4.79 Å². The first-order valence-corrected chi connectivity index (χ1v) is 6.48. The van der Waals surface area contributed by atoms with E-state index in [4.69, 9.17) is 0 Å². The quantitative estimate of drug-likeness (QED) is 0.839. The Morgan fingerprint density at radius 1 is 1.16 bits per heavy atom. The number of carbonyl (C=O) groups excluding carboxylic acids is 1. The SMILES string of the molecule is CC(=O)Cc1nccc(-c2ccc(C(C)C)cc2)n1. The minimum absolute atomic E-state index is 0.0762. The molecule has 1 aromatic heterocycles. The number of aromatic nitrogens is 2. The molecule has 2 rings (SSSR count). The van der Waals surface area contributed by atoms with Crippen LogP contribution in [0, 0.1) is 0 Å². The second-order valence-electron chi connectivity index (χ2n) is 5.01. The fraction of sp³-hybridized carbons (Fsp3) is 0.312. The van der Waals surface area contributed by atoms with Crippen LogP contribution < -0.4 is 0 Å². The van der Waals surface area contributed by atoms with Crippen molar-refractivity contribution >= 4 is 5.78 Å². The molecule has 1 aromatic carbocycles. The van der Waals surface area contributed by atoms with Gasteiger partial charge in [-0.25, -0.2) is 9.97 Å². The number of hydrogen-bond acceptors (Lipinski definition) is 3. The summed E-state index contributed by atoms with van der Waals surface area (Å²) in [7, 11) is 0. The van der Waals surface area contributed by atoms with E-state index in [1.807, 2.05) is 6.07 Å². The molecule has 0 fully saturated rings. The molecule has 3 heteroatoms. The summed E-state index contributed by atoms with van der Waals surface area (Å²) in [4.78, 5) is 19.6. The molecule has 0 atom stereocenters. The maximum atomic E-state index is 11.1. The van der Waals surface area contributed by atoms with Crippen LogP contribution in [0.4, 0.5) is 0 Å². The zero-order valence-corrected chi connectivity index (χ0v) is 11.6. The van der Waals surface area contributed by atoms with Gasteiger partial charge in [0, 0.05) is 11.8 Å². The fourth-order valence-corrected chi connectivity index (χ4v) is 1.91. The van der Waals surface area contributed by atoms with E-state index in [9.17, 15) is 4.79 Å². The number of carbonyl (C=O) groups is 1. The predicted octanol–water partition coefficient (Wildman–Crippen LogP) is 3.40. The summed E-state index contributed by atoms with van der Waals surface area (Å²) < 4.78 is 0. The Labute approximate surface area is 113 Å². The second kappa shape index (κ2) is 5.74. The van der Waals surface area contributed by atoms with Crippen molar-refractivity contribution in [1.82, 2.24) is 9.97 Å². The molecule has 0 saturated heterocycles. The zero-order valence-electron chi connectivity index (χ0n) is 11.6. The van der Waals surface area contributed by atoms with Crippen LogP contribution in [0.5, 0.6) is 0 Å². The molecule has 19 heavy (non-hydrogen) atoms. The number of ketones is 1. The third kappa shape index (κ3) is 3.47. The second-order valence-corrected chi connectivity index (χ2v) is 5.01. The molecule has 0 spiro atoms. The summed E-state index contributed by atoms with van der Waals surface area (Å²) in [5.41, 5.74) is 3.22. The van der Waals surface area contributed by atoms with Gasteiger partial charge in [0.2, 0.25) is 0 Å². The van der Waals surface area contributed by atoms with Crippen LogP contribution >= 0.6 is 0 Å². The van der Waals surface area contributed by atoms with Gasteiger partial charge in [0.25, 0.3) is 0 Å². The van der Waals surface area contributed by atoms with Gasteiger partial charge in [-0.05, 0) is 24.5 Å². The largest absolute Gasteiger partial charge is 0.300 e. The molecule has 0 aliphatic heterocycles. The number of nitrogens with zero attached hydrogens (tertiary/aromatic N) is 2.